The fraction of sp³-hybridized carbons (Fsp3) is 0.933. The fourth-order valence-electron chi connectivity index (χ4n) is 3.63. The number of likely N-dealkylation sites (tertiary alicyclic amines) is 1. The normalized spacial score (nSPS) is 32.7. The highest BCUT2D eigenvalue weighted by Crippen LogP contribution is 2.33. The highest BCUT2D eigenvalue weighted by atomic mass is 16.4. The summed E-state index contributed by atoms with van der Waals surface area (Å²) in [4.78, 5) is 13.9. The molecule has 0 aromatic heterocycles. The molecule has 3 nitrogen and oxygen atoms in total. The highest BCUT2D eigenvalue weighted by molar-refractivity contribution is 5.74. The van der Waals surface area contributed by atoms with Crippen LogP contribution in [-0.2, 0) is 4.79 Å². The molecule has 1 unspecified atom stereocenters. The van der Waals surface area contributed by atoms with Crippen LogP contribution in [0.5, 0.6) is 0 Å². The zero-order valence-corrected chi connectivity index (χ0v) is 11.6. The van der Waals surface area contributed by atoms with E-state index < -0.39 is 5.97 Å². The molecule has 104 valence electrons. The predicted octanol–water partition coefficient (Wildman–Crippen LogP) is 3.14. The highest BCUT2D eigenvalue weighted by Gasteiger charge is 2.35. The Morgan fingerprint density at radius 2 is 1.61 bits per heavy atom. The first-order valence-electron chi connectivity index (χ1n) is 7.65. The van der Waals surface area contributed by atoms with Crippen LogP contribution >= 0.6 is 0 Å². The number of carboxylic acid groups (broad SMARTS) is 1. The second-order valence-electron chi connectivity index (χ2n) is 6.25. The van der Waals surface area contributed by atoms with E-state index in [1.165, 1.54) is 38.5 Å². The Morgan fingerprint density at radius 3 is 2.11 bits per heavy atom. The van der Waals surface area contributed by atoms with Crippen LogP contribution in [0, 0.1) is 11.8 Å². The van der Waals surface area contributed by atoms with E-state index in [9.17, 15) is 9.90 Å². The Hall–Kier alpha value is -0.570. The second-order valence-corrected chi connectivity index (χ2v) is 6.25. The molecule has 1 heterocycles. The molecule has 0 spiro atoms. The van der Waals surface area contributed by atoms with E-state index in [2.05, 4.69) is 11.8 Å². The molecule has 0 aromatic rings. The van der Waals surface area contributed by atoms with Crippen molar-refractivity contribution in [3.05, 3.63) is 0 Å². The van der Waals surface area contributed by atoms with Crippen LogP contribution in [0.25, 0.3) is 0 Å². The maximum absolute atomic E-state index is 11.7. The molecule has 1 saturated heterocycles. The van der Waals surface area contributed by atoms with Crippen LogP contribution in [0.3, 0.4) is 0 Å². The van der Waals surface area contributed by atoms with Crippen molar-refractivity contribution in [3.8, 4) is 0 Å². The second kappa shape index (κ2) is 6.55. The first-order chi connectivity index (χ1) is 8.68. The van der Waals surface area contributed by atoms with E-state index >= 15 is 0 Å². The van der Waals surface area contributed by atoms with Crippen molar-refractivity contribution in [2.45, 2.75) is 64.3 Å². The van der Waals surface area contributed by atoms with E-state index in [0.29, 0.717) is 5.92 Å². The molecule has 2 aliphatic rings. The third kappa shape index (κ3) is 3.47. The van der Waals surface area contributed by atoms with Gasteiger partial charge in [0.05, 0.1) is 0 Å². The van der Waals surface area contributed by atoms with Gasteiger partial charge in [-0.25, -0.2) is 0 Å². The number of aliphatic carboxylic acids is 1. The van der Waals surface area contributed by atoms with Gasteiger partial charge in [0.1, 0.15) is 6.04 Å². The molecular formula is C15H27NO2. The van der Waals surface area contributed by atoms with E-state index in [4.69, 9.17) is 0 Å². The summed E-state index contributed by atoms with van der Waals surface area (Å²) in [6.45, 7) is 4.27. The van der Waals surface area contributed by atoms with Gasteiger partial charge in [0, 0.05) is 0 Å². The van der Waals surface area contributed by atoms with Crippen LogP contribution in [0.1, 0.15) is 58.3 Å². The molecule has 1 aliphatic heterocycles. The average Bonchev–Trinajstić information content (AvgIpc) is 2.60. The van der Waals surface area contributed by atoms with Crippen molar-refractivity contribution in [2.24, 2.45) is 11.8 Å². The van der Waals surface area contributed by atoms with Crippen molar-refractivity contribution in [1.29, 1.82) is 0 Å². The molecular weight excluding hydrogens is 226 g/mol. The summed E-state index contributed by atoms with van der Waals surface area (Å²) in [6.07, 6.45) is 9.52. The third-order valence-corrected chi connectivity index (χ3v) is 4.79. The number of rotatable bonds is 3. The number of nitrogens with zero attached hydrogens (tertiary/aromatic N) is 1. The monoisotopic (exact) mass is 253 g/mol. The zero-order chi connectivity index (χ0) is 13.0. The van der Waals surface area contributed by atoms with Crippen LogP contribution in [0.2, 0.25) is 0 Å². The van der Waals surface area contributed by atoms with Crippen LogP contribution < -0.4 is 0 Å². The molecule has 1 saturated carbocycles. The van der Waals surface area contributed by atoms with Gasteiger partial charge in [-0.2, -0.15) is 0 Å². The predicted molar refractivity (Wildman–Crippen MR) is 72.6 cm³/mol. The summed E-state index contributed by atoms with van der Waals surface area (Å²) in [7, 11) is 0. The molecule has 18 heavy (non-hydrogen) atoms. The molecule has 0 radical (unpaired) electrons. The molecule has 1 N–H and O–H groups in total. The lowest BCUT2D eigenvalue weighted by molar-refractivity contribution is -0.146. The smallest absolute Gasteiger partial charge is 0.321 e. The lowest BCUT2D eigenvalue weighted by atomic mass is 9.78. The molecule has 1 atom stereocenters. The summed E-state index contributed by atoms with van der Waals surface area (Å²) in [6, 6.07) is -0.212. The van der Waals surface area contributed by atoms with Gasteiger partial charge in [-0.05, 0) is 50.6 Å². The Bertz CT molecular complexity index is 264. The maximum Gasteiger partial charge on any atom is 0.321 e. The minimum Gasteiger partial charge on any atom is -0.480 e. The van der Waals surface area contributed by atoms with E-state index in [-0.39, 0.29) is 6.04 Å². The molecule has 2 rings (SSSR count). The van der Waals surface area contributed by atoms with Gasteiger partial charge in [-0.1, -0.05) is 32.6 Å². The number of hydrogen-bond donors (Lipinski definition) is 1. The van der Waals surface area contributed by atoms with Crippen molar-refractivity contribution in [2.75, 3.05) is 13.1 Å². The molecule has 0 amide bonds. The Labute approximate surface area is 111 Å². The zero-order valence-electron chi connectivity index (χ0n) is 11.6. The minimum atomic E-state index is -0.587. The Morgan fingerprint density at radius 1 is 1.06 bits per heavy atom. The summed E-state index contributed by atoms with van der Waals surface area (Å²) in [5.41, 5.74) is 0. The fourth-order valence-corrected chi connectivity index (χ4v) is 3.63. The summed E-state index contributed by atoms with van der Waals surface area (Å²) in [5.74, 6) is 0.591. The van der Waals surface area contributed by atoms with Gasteiger partial charge in [0.25, 0.3) is 0 Å². The molecule has 3 heteroatoms. The van der Waals surface area contributed by atoms with E-state index in [0.717, 1.165) is 31.8 Å². The van der Waals surface area contributed by atoms with Crippen LogP contribution in [0.15, 0.2) is 0 Å². The average molecular weight is 253 g/mol. The minimum absolute atomic E-state index is 0.212. The topological polar surface area (TPSA) is 40.5 Å². The SMILES string of the molecule is CC1CCC(C(C(=O)O)N2CCCCCC2)CC1. The van der Waals surface area contributed by atoms with Crippen molar-refractivity contribution < 1.29 is 9.90 Å². The van der Waals surface area contributed by atoms with Crippen molar-refractivity contribution >= 4 is 5.97 Å². The molecule has 1 aliphatic carbocycles. The first kappa shape index (κ1) is 13.9. The Kier molecular flexibility index (Phi) is 5.04. The summed E-state index contributed by atoms with van der Waals surface area (Å²) >= 11 is 0. The van der Waals surface area contributed by atoms with Crippen LogP contribution in [-0.4, -0.2) is 35.1 Å². The molecule has 2 fully saturated rings. The van der Waals surface area contributed by atoms with Gasteiger partial charge in [0.15, 0.2) is 0 Å². The number of hydrogen-bond acceptors (Lipinski definition) is 2. The lowest BCUT2D eigenvalue weighted by Crippen LogP contribution is -2.47. The molecule has 0 aromatic carbocycles. The van der Waals surface area contributed by atoms with E-state index in [1.807, 2.05) is 0 Å². The quantitative estimate of drug-likeness (QED) is 0.840. The van der Waals surface area contributed by atoms with Crippen molar-refractivity contribution in [1.82, 2.24) is 4.90 Å². The third-order valence-electron chi connectivity index (χ3n) is 4.79. The lowest BCUT2D eigenvalue weighted by Gasteiger charge is -2.36. The number of carbonyl (C=O) groups is 1. The van der Waals surface area contributed by atoms with E-state index in [1.54, 1.807) is 0 Å². The maximum atomic E-state index is 11.7. The summed E-state index contributed by atoms with van der Waals surface area (Å²) in [5, 5.41) is 9.59. The van der Waals surface area contributed by atoms with Gasteiger partial charge in [0.2, 0.25) is 0 Å². The number of carboxylic acids is 1. The van der Waals surface area contributed by atoms with Gasteiger partial charge >= 0.3 is 5.97 Å². The van der Waals surface area contributed by atoms with Crippen LogP contribution in [0.4, 0.5) is 0 Å². The molecule has 0 bridgehead atoms. The van der Waals surface area contributed by atoms with Crippen molar-refractivity contribution in [3.63, 3.8) is 0 Å². The largest absolute Gasteiger partial charge is 0.480 e. The Balaban J connectivity index is 2.00. The summed E-state index contributed by atoms with van der Waals surface area (Å²) < 4.78 is 0. The van der Waals surface area contributed by atoms with Gasteiger partial charge in [-0.15, -0.1) is 0 Å². The first-order valence-corrected chi connectivity index (χ1v) is 7.65. The standard InChI is InChI=1S/C15H27NO2/c1-12-6-8-13(9-7-12)14(15(17)18)16-10-4-2-3-5-11-16/h12-14H,2-11H2,1H3,(H,17,18). The van der Waals surface area contributed by atoms with Gasteiger partial charge < -0.3 is 5.11 Å². The van der Waals surface area contributed by atoms with Gasteiger partial charge in [-0.3, -0.25) is 9.69 Å².